The average molecular weight is 503 g/mol. The Morgan fingerprint density at radius 1 is 1.11 bits per heavy atom. The first-order valence-corrected chi connectivity index (χ1v) is 11.5. The summed E-state index contributed by atoms with van der Waals surface area (Å²) in [4.78, 5) is 18.9. The van der Waals surface area contributed by atoms with Gasteiger partial charge in [-0.2, -0.15) is 13.2 Å². The van der Waals surface area contributed by atoms with Crippen molar-refractivity contribution >= 4 is 17.6 Å². The smallest absolute Gasteiger partial charge is 0.417 e. The van der Waals surface area contributed by atoms with E-state index in [0.717, 1.165) is 17.8 Å². The standard InChI is InChI=1S/C26H25F4N3O3/c1-3-32(24-12-7-18(15-31-24)26(28,29)30)19-8-11-23(22(27)14-19)36-21-9-5-17(6-10-21)13-20-16-35-25(34)33(20)4-2/h5-12,14-15,20H,3-4,13,16H2,1-2H3. The van der Waals surface area contributed by atoms with Crippen molar-refractivity contribution in [2.75, 3.05) is 24.6 Å². The summed E-state index contributed by atoms with van der Waals surface area (Å²) in [6.45, 7) is 4.98. The van der Waals surface area contributed by atoms with Crippen molar-refractivity contribution < 1.29 is 31.8 Å². The molecule has 1 aliphatic rings. The number of aromatic nitrogens is 1. The van der Waals surface area contributed by atoms with Crippen LogP contribution in [0.5, 0.6) is 11.5 Å². The Bertz CT molecular complexity index is 1200. The first kappa shape index (κ1) is 25.3. The summed E-state index contributed by atoms with van der Waals surface area (Å²) in [5.74, 6) is 0.0930. The Balaban J connectivity index is 1.44. The molecule has 6 nitrogen and oxygen atoms in total. The summed E-state index contributed by atoms with van der Waals surface area (Å²) in [5, 5.41) is 0. The normalized spacial score (nSPS) is 15.7. The van der Waals surface area contributed by atoms with E-state index in [1.54, 1.807) is 34.9 Å². The summed E-state index contributed by atoms with van der Waals surface area (Å²) >= 11 is 0. The first-order valence-electron chi connectivity index (χ1n) is 11.5. The van der Waals surface area contributed by atoms with Crippen molar-refractivity contribution in [3.63, 3.8) is 0 Å². The van der Waals surface area contributed by atoms with Crippen LogP contribution in [0, 0.1) is 5.82 Å². The Morgan fingerprint density at radius 3 is 2.44 bits per heavy atom. The second-order valence-corrected chi connectivity index (χ2v) is 8.23. The number of amides is 1. The van der Waals surface area contributed by atoms with Crippen LogP contribution in [0.3, 0.4) is 0 Å². The van der Waals surface area contributed by atoms with Crippen LogP contribution in [0.25, 0.3) is 0 Å². The maximum atomic E-state index is 14.9. The van der Waals surface area contributed by atoms with Crippen molar-refractivity contribution in [1.29, 1.82) is 0 Å². The molecule has 1 saturated heterocycles. The van der Waals surface area contributed by atoms with Crippen LogP contribution in [0.4, 0.5) is 33.9 Å². The van der Waals surface area contributed by atoms with Crippen molar-refractivity contribution in [3.8, 4) is 11.5 Å². The lowest BCUT2D eigenvalue weighted by Gasteiger charge is -2.23. The summed E-state index contributed by atoms with van der Waals surface area (Å²) < 4.78 is 64.1. The molecule has 1 aromatic heterocycles. The topological polar surface area (TPSA) is 54.9 Å². The number of carbonyl (C=O) groups is 1. The van der Waals surface area contributed by atoms with Crippen LogP contribution < -0.4 is 9.64 Å². The molecular weight excluding hydrogens is 478 g/mol. The zero-order chi connectivity index (χ0) is 25.9. The van der Waals surface area contributed by atoms with E-state index in [1.165, 1.54) is 18.2 Å². The molecule has 0 N–H and O–H groups in total. The summed E-state index contributed by atoms with van der Waals surface area (Å²) in [6, 6.07) is 13.7. The van der Waals surface area contributed by atoms with Gasteiger partial charge in [0.15, 0.2) is 11.6 Å². The highest BCUT2D eigenvalue weighted by Crippen LogP contribution is 2.33. The Kier molecular flexibility index (Phi) is 7.32. The molecule has 0 saturated carbocycles. The molecule has 4 rings (SSSR count). The highest BCUT2D eigenvalue weighted by molar-refractivity contribution is 5.70. The molecule has 0 radical (unpaired) electrons. The number of hydrogen-bond acceptors (Lipinski definition) is 5. The molecule has 3 aromatic rings. The number of likely N-dealkylation sites (N-methyl/N-ethyl adjacent to an activating group) is 1. The number of cyclic esters (lactones) is 1. The minimum atomic E-state index is -4.48. The van der Waals surface area contributed by atoms with Gasteiger partial charge in [-0.15, -0.1) is 0 Å². The maximum Gasteiger partial charge on any atom is 0.417 e. The fourth-order valence-electron chi connectivity index (χ4n) is 4.07. The van der Waals surface area contributed by atoms with E-state index < -0.39 is 17.6 Å². The number of ether oxygens (including phenoxy) is 2. The Morgan fingerprint density at radius 2 is 1.86 bits per heavy atom. The van der Waals surface area contributed by atoms with E-state index in [4.69, 9.17) is 9.47 Å². The lowest BCUT2D eigenvalue weighted by Crippen LogP contribution is -2.34. The number of benzene rings is 2. The number of pyridine rings is 1. The number of rotatable bonds is 8. The summed E-state index contributed by atoms with van der Waals surface area (Å²) in [6.07, 6.45) is -3.40. The molecule has 1 aliphatic heterocycles. The molecule has 1 atom stereocenters. The van der Waals surface area contributed by atoms with E-state index in [-0.39, 0.29) is 23.7 Å². The van der Waals surface area contributed by atoms with E-state index >= 15 is 0 Å². The van der Waals surface area contributed by atoms with Gasteiger partial charge < -0.3 is 19.3 Å². The fourth-order valence-corrected chi connectivity index (χ4v) is 4.07. The maximum absolute atomic E-state index is 14.9. The van der Waals surface area contributed by atoms with Crippen LogP contribution in [0.1, 0.15) is 25.0 Å². The van der Waals surface area contributed by atoms with Crippen LogP contribution >= 0.6 is 0 Å². The van der Waals surface area contributed by atoms with Crippen molar-refractivity contribution in [3.05, 3.63) is 77.7 Å². The van der Waals surface area contributed by atoms with Gasteiger partial charge >= 0.3 is 12.3 Å². The number of hydrogen-bond donors (Lipinski definition) is 0. The van der Waals surface area contributed by atoms with Crippen LogP contribution in [0.2, 0.25) is 0 Å². The molecule has 2 aromatic carbocycles. The highest BCUT2D eigenvalue weighted by atomic mass is 19.4. The quantitative estimate of drug-likeness (QED) is 0.326. The van der Waals surface area contributed by atoms with Crippen molar-refractivity contribution in [2.45, 2.75) is 32.5 Å². The largest absolute Gasteiger partial charge is 0.454 e. The van der Waals surface area contributed by atoms with Gasteiger partial charge in [0.05, 0.1) is 11.6 Å². The number of alkyl halides is 3. The molecule has 2 heterocycles. The van der Waals surface area contributed by atoms with Gasteiger partial charge in [-0.25, -0.2) is 14.2 Å². The van der Waals surface area contributed by atoms with Gasteiger partial charge in [-0.05, 0) is 62.2 Å². The molecule has 1 amide bonds. The molecule has 10 heteroatoms. The van der Waals surface area contributed by atoms with E-state index in [2.05, 4.69) is 4.98 Å². The third kappa shape index (κ3) is 5.53. The summed E-state index contributed by atoms with van der Waals surface area (Å²) in [7, 11) is 0. The molecule has 1 unspecified atom stereocenters. The van der Waals surface area contributed by atoms with E-state index in [9.17, 15) is 22.4 Å². The number of nitrogens with zero attached hydrogens (tertiary/aromatic N) is 3. The molecule has 0 spiro atoms. The molecule has 190 valence electrons. The van der Waals surface area contributed by atoms with Crippen LogP contribution in [-0.4, -0.2) is 41.7 Å². The number of halogens is 4. The lowest BCUT2D eigenvalue weighted by molar-refractivity contribution is -0.137. The number of anilines is 2. The minimum Gasteiger partial charge on any atom is -0.454 e. The fraction of sp³-hybridized carbons (Fsp3) is 0.308. The van der Waals surface area contributed by atoms with Gasteiger partial charge in [0.2, 0.25) is 0 Å². The monoisotopic (exact) mass is 503 g/mol. The number of carbonyl (C=O) groups excluding carboxylic acids is 1. The van der Waals surface area contributed by atoms with E-state index in [1.807, 2.05) is 19.1 Å². The zero-order valence-corrected chi connectivity index (χ0v) is 19.8. The van der Waals surface area contributed by atoms with Crippen LogP contribution in [-0.2, 0) is 17.3 Å². The van der Waals surface area contributed by atoms with Gasteiger partial charge in [-0.1, -0.05) is 12.1 Å². The third-order valence-electron chi connectivity index (χ3n) is 5.93. The SMILES string of the molecule is CCN(c1ccc(Oc2ccc(CC3COC(=O)N3CC)cc2)c(F)c1)c1ccc(C(F)(F)F)cn1. The van der Waals surface area contributed by atoms with Gasteiger partial charge in [0.25, 0.3) is 0 Å². The zero-order valence-electron chi connectivity index (χ0n) is 19.8. The second-order valence-electron chi connectivity index (χ2n) is 8.23. The van der Waals surface area contributed by atoms with Crippen molar-refractivity contribution in [2.24, 2.45) is 0 Å². The van der Waals surface area contributed by atoms with E-state index in [0.29, 0.717) is 37.6 Å². The average Bonchev–Trinajstić information content (AvgIpc) is 3.21. The molecule has 36 heavy (non-hydrogen) atoms. The van der Waals surface area contributed by atoms with Gasteiger partial charge in [0.1, 0.15) is 18.2 Å². The summed E-state index contributed by atoms with van der Waals surface area (Å²) in [5.41, 5.74) is 0.567. The third-order valence-corrected chi connectivity index (χ3v) is 5.93. The Hall–Kier alpha value is -3.82. The predicted octanol–water partition coefficient (Wildman–Crippen LogP) is 6.57. The highest BCUT2D eigenvalue weighted by Gasteiger charge is 2.32. The lowest BCUT2D eigenvalue weighted by atomic mass is 10.1. The predicted molar refractivity (Wildman–Crippen MR) is 126 cm³/mol. The first-order chi connectivity index (χ1) is 17.2. The molecule has 0 aliphatic carbocycles. The van der Waals surface area contributed by atoms with Crippen LogP contribution in [0.15, 0.2) is 60.8 Å². The van der Waals surface area contributed by atoms with Gasteiger partial charge in [0, 0.05) is 31.0 Å². The van der Waals surface area contributed by atoms with Gasteiger partial charge in [-0.3, -0.25) is 0 Å². The Labute approximate surface area is 206 Å². The molecule has 0 bridgehead atoms. The molecule has 1 fully saturated rings. The second kappa shape index (κ2) is 10.4. The molecular formula is C26H25F4N3O3. The minimum absolute atomic E-state index is 0.00915. The van der Waals surface area contributed by atoms with Crippen molar-refractivity contribution in [1.82, 2.24) is 9.88 Å².